The molecule has 6 heteroatoms. The van der Waals surface area contributed by atoms with Gasteiger partial charge in [-0.15, -0.1) is 0 Å². The normalized spacial score (nSPS) is 24.3. The molecule has 2 aliphatic rings. The first-order valence-corrected chi connectivity index (χ1v) is 8.65. The van der Waals surface area contributed by atoms with Crippen LogP contribution in [0.25, 0.3) is 0 Å². The van der Waals surface area contributed by atoms with E-state index in [0.717, 1.165) is 64.5 Å². The second kappa shape index (κ2) is 9.33. The lowest BCUT2D eigenvalue weighted by molar-refractivity contribution is 0.0666. The second-order valence-electron chi connectivity index (χ2n) is 6.76. The van der Waals surface area contributed by atoms with E-state index in [1.807, 2.05) is 4.90 Å². The third kappa shape index (κ3) is 6.10. The maximum absolute atomic E-state index is 12.2. The Hall–Kier alpha value is -0.850. The number of hydrogen-bond donors (Lipinski definition) is 2. The number of hydrogen-bond acceptors (Lipinski definition) is 4. The molecular weight excluding hydrogens is 280 g/mol. The summed E-state index contributed by atoms with van der Waals surface area (Å²) in [6.45, 7) is 6.12. The summed E-state index contributed by atoms with van der Waals surface area (Å²) in [6, 6.07) is 0.0684. The largest absolute Gasteiger partial charge is 0.375 e. The molecule has 0 aromatic carbocycles. The van der Waals surface area contributed by atoms with Crippen molar-refractivity contribution in [2.75, 3.05) is 60.0 Å². The first-order chi connectivity index (χ1) is 10.6. The van der Waals surface area contributed by atoms with E-state index in [4.69, 9.17) is 4.74 Å². The highest BCUT2D eigenvalue weighted by molar-refractivity contribution is 5.74. The Morgan fingerprint density at radius 3 is 2.86 bits per heavy atom. The van der Waals surface area contributed by atoms with Gasteiger partial charge in [-0.25, -0.2) is 4.79 Å². The van der Waals surface area contributed by atoms with Gasteiger partial charge in [-0.05, 0) is 58.8 Å². The number of amides is 2. The Labute approximate surface area is 134 Å². The predicted octanol–water partition coefficient (Wildman–Crippen LogP) is 0.738. The quantitative estimate of drug-likeness (QED) is 0.786. The number of carbonyl (C=O) groups is 1. The molecule has 2 N–H and O–H groups in total. The number of ether oxygens (including phenoxy) is 1. The molecule has 0 aliphatic carbocycles. The van der Waals surface area contributed by atoms with Gasteiger partial charge in [0.25, 0.3) is 0 Å². The molecule has 0 radical (unpaired) electrons. The van der Waals surface area contributed by atoms with Crippen LogP contribution in [-0.2, 0) is 4.74 Å². The van der Waals surface area contributed by atoms with Crippen LogP contribution in [0.3, 0.4) is 0 Å². The summed E-state index contributed by atoms with van der Waals surface area (Å²) in [4.78, 5) is 16.4. The summed E-state index contributed by atoms with van der Waals surface area (Å²) in [7, 11) is 4.24. The highest BCUT2D eigenvalue weighted by atomic mass is 16.5. The molecule has 2 fully saturated rings. The molecule has 1 atom stereocenters. The molecule has 2 rings (SSSR count). The van der Waals surface area contributed by atoms with Crippen LogP contribution in [-0.4, -0.2) is 81.9 Å². The summed E-state index contributed by atoms with van der Waals surface area (Å²) in [5.74, 6) is 0.765. The summed E-state index contributed by atoms with van der Waals surface area (Å²) < 4.78 is 5.71. The van der Waals surface area contributed by atoms with Gasteiger partial charge in [0.2, 0.25) is 0 Å². The van der Waals surface area contributed by atoms with E-state index in [0.29, 0.717) is 6.54 Å². The van der Waals surface area contributed by atoms with Crippen LogP contribution < -0.4 is 10.6 Å². The smallest absolute Gasteiger partial charge is 0.317 e. The van der Waals surface area contributed by atoms with Crippen LogP contribution in [0.15, 0.2) is 0 Å². The van der Waals surface area contributed by atoms with Gasteiger partial charge in [0.05, 0.1) is 6.10 Å². The molecule has 2 heterocycles. The topological polar surface area (TPSA) is 56.8 Å². The number of urea groups is 1. The van der Waals surface area contributed by atoms with Crippen LogP contribution in [0.4, 0.5) is 4.79 Å². The van der Waals surface area contributed by atoms with Crippen LogP contribution in [0.2, 0.25) is 0 Å². The van der Waals surface area contributed by atoms with Crippen molar-refractivity contribution in [3.63, 3.8) is 0 Å². The third-order valence-corrected chi connectivity index (χ3v) is 4.59. The Morgan fingerprint density at radius 1 is 1.36 bits per heavy atom. The number of piperidine rings is 1. The third-order valence-electron chi connectivity index (χ3n) is 4.59. The van der Waals surface area contributed by atoms with Gasteiger partial charge in [-0.1, -0.05) is 0 Å². The van der Waals surface area contributed by atoms with Crippen molar-refractivity contribution >= 4 is 6.03 Å². The standard InChI is InChI=1S/C16H32N4O2/c1-19(2)8-4-14-5-9-20(10-6-14)16(21)18-13-15-12-17-7-3-11-22-15/h14-15,17H,3-13H2,1-2H3,(H,18,21). The first-order valence-electron chi connectivity index (χ1n) is 8.65. The fourth-order valence-electron chi connectivity index (χ4n) is 3.08. The molecule has 6 nitrogen and oxygen atoms in total. The molecule has 2 amide bonds. The molecule has 0 saturated carbocycles. The minimum atomic E-state index is 0.0684. The summed E-state index contributed by atoms with van der Waals surface area (Å²) in [6.07, 6.45) is 4.64. The molecule has 0 bridgehead atoms. The number of rotatable bonds is 5. The maximum atomic E-state index is 12.2. The van der Waals surface area contributed by atoms with Gasteiger partial charge in [-0.2, -0.15) is 0 Å². The highest BCUT2D eigenvalue weighted by Gasteiger charge is 2.23. The minimum absolute atomic E-state index is 0.0684. The lowest BCUT2D eigenvalue weighted by atomic mass is 9.93. The molecule has 0 aromatic rings. The Bertz CT molecular complexity index is 322. The number of carbonyl (C=O) groups excluding carboxylic acids is 1. The van der Waals surface area contributed by atoms with Crippen LogP contribution in [0, 0.1) is 5.92 Å². The zero-order chi connectivity index (χ0) is 15.8. The van der Waals surface area contributed by atoms with Crippen molar-refractivity contribution in [3.8, 4) is 0 Å². The van der Waals surface area contributed by atoms with Crippen molar-refractivity contribution in [1.29, 1.82) is 0 Å². The van der Waals surface area contributed by atoms with Crippen LogP contribution in [0.5, 0.6) is 0 Å². The lowest BCUT2D eigenvalue weighted by Gasteiger charge is -2.32. The molecule has 0 spiro atoms. The molecule has 1 unspecified atom stereocenters. The summed E-state index contributed by atoms with van der Waals surface area (Å²) in [5.41, 5.74) is 0. The zero-order valence-corrected chi connectivity index (χ0v) is 14.1. The zero-order valence-electron chi connectivity index (χ0n) is 14.1. The minimum Gasteiger partial charge on any atom is -0.375 e. The van der Waals surface area contributed by atoms with Crippen molar-refractivity contribution in [3.05, 3.63) is 0 Å². The van der Waals surface area contributed by atoms with Gasteiger partial charge in [0.15, 0.2) is 0 Å². The second-order valence-corrected chi connectivity index (χ2v) is 6.76. The average molecular weight is 312 g/mol. The average Bonchev–Trinajstić information content (AvgIpc) is 2.80. The number of nitrogens with one attached hydrogen (secondary N) is 2. The predicted molar refractivity (Wildman–Crippen MR) is 88.1 cm³/mol. The molecule has 22 heavy (non-hydrogen) atoms. The fourth-order valence-corrected chi connectivity index (χ4v) is 3.08. The lowest BCUT2D eigenvalue weighted by Crippen LogP contribution is -2.47. The Morgan fingerprint density at radius 2 is 2.14 bits per heavy atom. The Kier molecular flexibility index (Phi) is 7.42. The number of likely N-dealkylation sites (tertiary alicyclic amines) is 1. The monoisotopic (exact) mass is 312 g/mol. The van der Waals surface area contributed by atoms with Crippen molar-refractivity contribution in [2.24, 2.45) is 5.92 Å². The van der Waals surface area contributed by atoms with Gasteiger partial charge in [0.1, 0.15) is 0 Å². The first kappa shape index (κ1) is 17.5. The molecular formula is C16H32N4O2. The molecule has 2 saturated heterocycles. The molecule has 2 aliphatic heterocycles. The van der Waals surface area contributed by atoms with E-state index in [9.17, 15) is 4.79 Å². The molecule has 0 aromatic heterocycles. The van der Waals surface area contributed by atoms with E-state index in [-0.39, 0.29) is 12.1 Å². The van der Waals surface area contributed by atoms with E-state index >= 15 is 0 Å². The maximum Gasteiger partial charge on any atom is 0.317 e. The molecule has 128 valence electrons. The van der Waals surface area contributed by atoms with Gasteiger partial charge >= 0.3 is 6.03 Å². The van der Waals surface area contributed by atoms with Crippen LogP contribution >= 0.6 is 0 Å². The fraction of sp³-hybridized carbons (Fsp3) is 0.938. The van der Waals surface area contributed by atoms with Crippen molar-refractivity contribution in [2.45, 2.75) is 31.8 Å². The van der Waals surface area contributed by atoms with E-state index < -0.39 is 0 Å². The van der Waals surface area contributed by atoms with E-state index in [1.54, 1.807) is 0 Å². The van der Waals surface area contributed by atoms with Gasteiger partial charge < -0.3 is 25.2 Å². The van der Waals surface area contributed by atoms with E-state index in [2.05, 4.69) is 29.6 Å². The highest BCUT2D eigenvalue weighted by Crippen LogP contribution is 2.20. The van der Waals surface area contributed by atoms with E-state index in [1.165, 1.54) is 6.42 Å². The SMILES string of the molecule is CN(C)CCC1CCN(C(=O)NCC2CNCCCO2)CC1. The van der Waals surface area contributed by atoms with Gasteiger partial charge in [0, 0.05) is 32.8 Å². The summed E-state index contributed by atoms with van der Waals surface area (Å²) in [5, 5.41) is 6.36. The van der Waals surface area contributed by atoms with Crippen LogP contribution in [0.1, 0.15) is 25.7 Å². The Balaban J connectivity index is 1.62. The van der Waals surface area contributed by atoms with Crippen molar-refractivity contribution in [1.82, 2.24) is 20.4 Å². The van der Waals surface area contributed by atoms with Gasteiger partial charge in [-0.3, -0.25) is 0 Å². The summed E-state index contributed by atoms with van der Waals surface area (Å²) >= 11 is 0. The number of nitrogens with zero attached hydrogens (tertiary/aromatic N) is 2. The van der Waals surface area contributed by atoms with Crippen molar-refractivity contribution < 1.29 is 9.53 Å².